The summed E-state index contributed by atoms with van der Waals surface area (Å²) in [7, 11) is 0. The first-order valence-corrected chi connectivity index (χ1v) is 9.37. The molecule has 5 heterocycles. The van der Waals surface area contributed by atoms with Gasteiger partial charge in [-0.3, -0.25) is 0 Å². The molecular weight excluding hydrogens is 344 g/mol. The van der Waals surface area contributed by atoms with E-state index in [1.54, 1.807) is 6.08 Å². The van der Waals surface area contributed by atoms with E-state index in [1.807, 2.05) is 54.6 Å². The number of nitrogens with zero attached hydrogens (tertiary/aromatic N) is 2. The third-order valence-corrected chi connectivity index (χ3v) is 4.93. The van der Waals surface area contributed by atoms with Gasteiger partial charge in [0.15, 0.2) is 0 Å². The Balaban J connectivity index is 1.93. The molecule has 28 heavy (non-hydrogen) atoms. The Labute approximate surface area is 164 Å². The second kappa shape index (κ2) is 6.50. The molecule has 0 atom stereocenters. The smallest absolute Gasteiger partial charge is 0.0763 e. The predicted octanol–water partition coefficient (Wildman–Crippen LogP) is 5.77. The number of fused-ring (bicyclic) bond motifs is 8. The van der Waals surface area contributed by atoms with Gasteiger partial charge in [-0.05, 0) is 67.1 Å². The second-order valence-corrected chi connectivity index (χ2v) is 6.85. The molecule has 4 heteroatoms. The van der Waals surface area contributed by atoms with Gasteiger partial charge in [0.25, 0.3) is 0 Å². The molecule has 8 bridgehead atoms. The second-order valence-electron chi connectivity index (χ2n) is 6.85. The summed E-state index contributed by atoms with van der Waals surface area (Å²) in [6.45, 7) is 6.01. The highest BCUT2D eigenvalue weighted by Crippen LogP contribution is 2.28. The van der Waals surface area contributed by atoms with E-state index in [0.29, 0.717) is 11.7 Å². The van der Waals surface area contributed by atoms with Crippen LogP contribution in [0, 0.1) is 0 Å². The average molecular weight is 365 g/mol. The molecule has 0 aromatic carbocycles. The van der Waals surface area contributed by atoms with Crippen LogP contribution in [0.1, 0.15) is 36.6 Å². The molecule has 0 saturated heterocycles. The summed E-state index contributed by atoms with van der Waals surface area (Å²) in [5.74, 6) is 0. The maximum Gasteiger partial charge on any atom is 0.0763 e. The van der Waals surface area contributed by atoms with Crippen molar-refractivity contribution in [3.05, 3.63) is 83.5 Å². The lowest BCUT2D eigenvalue weighted by molar-refractivity contribution is 1.07. The highest BCUT2D eigenvalue weighted by Gasteiger charge is 2.15. The van der Waals surface area contributed by atoms with Gasteiger partial charge in [0.05, 0.1) is 24.1 Å². The van der Waals surface area contributed by atoms with Crippen LogP contribution in [-0.4, -0.2) is 19.9 Å². The minimum absolute atomic E-state index is 0.386. The summed E-state index contributed by atoms with van der Waals surface area (Å²) in [5.41, 5.74) is 8.85. The van der Waals surface area contributed by atoms with Crippen LogP contribution < -0.4 is 0 Å². The molecule has 0 spiro atoms. The quantitative estimate of drug-likeness (QED) is 0.473. The Morgan fingerprint density at radius 3 is 2.21 bits per heavy atom. The fraction of sp³-hybridized carbons (Fsp3) is 0.0833. The number of H-pyrrole nitrogens is 2. The summed E-state index contributed by atoms with van der Waals surface area (Å²) in [6, 6.07) is 14.5. The monoisotopic (exact) mass is 365 g/mol. The molecular formula is C24H20N4. The van der Waals surface area contributed by atoms with Crippen molar-refractivity contribution in [1.82, 2.24) is 19.9 Å². The zero-order chi connectivity index (χ0) is 20.0. The van der Waals surface area contributed by atoms with E-state index in [9.17, 15) is 0 Å². The van der Waals surface area contributed by atoms with Crippen molar-refractivity contribution >= 4 is 45.8 Å². The Kier molecular flexibility index (Phi) is 3.57. The van der Waals surface area contributed by atoms with E-state index in [4.69, 9.17) is 11.3 Å². The van der Waals surface area contributed by atoms with E-state index >= 15 is 0 Å². The highest BCUT2D eigenvalue weighted by molar-refractivity contribution is 5.91. The zero-order valence-electron chi connectivity index (χ0n) is 16.6. The summed E-state index contributed by atoms with van der Waals surface area (Å²) < 4.78 is 8.60. The van der Waals surface area contributed by atoms with Crippen LogP contribution in [0.2, 0.25) is 0 Å². The Hall–Kier alpha value is -3.66. The maximum absolute atomic E-state index is 8.60. The van der Waals surface area contributed by atoms with Crippen LogP contribution in [0.4, 0.5) is 0 Å². The first-order valence-electron chi connectivity index (χ1n) is 9.87. The van der Waals surface area contributed by atoms with E-state index in [1.165, 1.54) is 0 Å². The lowest BCUT2D eigenvalue weighted by Gasteiger charge is -2.03. The van der Waals surface area contributed by atoms with Gasteiger partial charge in [-0.25, -0.2) is 9.97 Å². The topological polar surface area (TPSA) is 57.4 Å². The minimum Gasteiger partial charge on any atom is -0.355 e. The van der Waals surface area contributed by atoms with Crippen molar-refractivity contribution in [1.29, 1.82) is 0 Å². The molecule has 0 amide bonds. The normalized spacial score (nSPS) is 13.7. The van der Waals surface area contributed by atoms with Crippen molar-refractivity contribution in [3.63, 3.8) is 0 Å². The lowest BCUT2D eigenvalue weighted by atomic mass is 10.0. The first-order chi connectivity index (χ1) is 14.1. The van der Waals surface area contributed by atoms with Crippen molar-refractivity contribution in [3.8, 4) is 0 Å². The van der Waals surface area contributed by atoms with Crippen LogP contribution in [0.5, 0.6) is 0 Å². The molecule has 0 unspecified atom stereocenters. The largest absolute Gasteiger partial charge is 0.355 e. The van der Waals surface area contributed by atoms with Crippen LogP contribution in [0.15, 0.2) is 55.1 Å². The van der Waals surface area contributed by atoms with E-state index in [-0.39, 0.29) is 0 Å². The van der Waals surface area contributed by atoms with Gasteiger partial charge in [0.1, 0.15) is 0 Å². The van der Waals surface area contributed by atoms with Crippen molar-refractivity contribution in [2.24, 2.45) is 0 Å². The number of hydrogen-bond acceptors (Lipinski definition) is 2. The van der Waals surface area contributed by atoms with E-state index < -0.39 is 0 Å². The number of aromatic nitrogens is 4. The molecule has 0 aliphatic carbocycles. The molecule has 2 aliphatic rings. The summed E-state index contributed by atoms with van der Waals surface area (Å²) >= 11 is 0. The minimum atomic E-state index is 0.386. The first kappa shape index (κ1) is 15.4. The van der Waals surface area contributed by atoms with Crippen molar-refractivity contribution in [2.75, 3.05) is 0 Å². The fourth-order valence-corrected chi connectivity index (χ4v) is 3.62. The van der Waals surface area contributed by atoms with Crippen molar-refractivity contribution in [2.45, 2.75) is 13.3 Å². The molecule has 0 radical (unpaired) electrons. The molecule has 5 rings (SSSR count). The van der Waals surface area contributed by atoms with Crippen molar-refractivity contribution < 1.29 is 1.37 Å². The predicted molar refractivity (Wildman–Crippen MR) is 117 cm³/mol. The molecule has 4 nitrogen and oxygen atoms in total. The molecule has 3 aromatic rings. The van der Waals surface area contributed by atoms with Crippen LogP contribution in [0.3, 0.4) is 0 Å². The van der Waals surface area contributed by atoms with Gasteiger partial charge in [-0.2, -0.15) is 0 Å². The third kappa shape index (κ3) is 2.89. The number of nitrogens with one attached hydrogen (secondary N) is 2. The number of rotatable bonds is 2. The Morgan fingerprint density at radius 1 is 0.929 bits per heavy atom. The highest BCUT2D eigenvalue weighted by atomic mass is 14.8. The summed E-state index contributed by atoms with van der Waals surface area (Å²) in [5, 5.41) is 0. The SMILES string of the molecule is [2H]C1=C(C=C)c2nc1cc1ccc(cc3ccc(cc4nc(c2CC)C=C4)[nH]3)[nH]1. The average Bonchev–Trinajstić information content (AvgIpc) is 3.48. The van der Waals surface area contributed by atoms with E-state index in [0.717, 1.165) is 56.7 Å². The Morgan fingerprint density at radius 2 is 1.57 bits per heavy atom. The molecule has 2 N–H and O–H groups in total. The van der Waals surface area contributed by atoms with Gasteiger partial charge >= 0.3 is 0 Å². The Bertz CT molecular complexity index is 1370. The molecule has 0 saturated carbocycles. The van der Waals surface area contributed by atoms with E-state index in [2.05, 4.69) is 23.5 Å². The molecule has 2 aliphatic heterocycles. The van der Waals surface area contributed by atoms with Crippen LogP contribution >= 0.6 is 0 Å². The summed E-state index contributed by atoms with van der Waals surface area (Å²) in [4.78, 5) is 16.4. The zero-order valence-corrected chi connectivity index (χ0v) is 15.6. The maximum atomic E-state index is 8.60. The van der Waals surface area contributed by atoms with Gasteiger partial charge in [-0.15, -0.1) is 0 Å². The van der Waals surface area contributed by atoms with Crippen LogP contribution in [-0.2, 0) is 6.42 Å². The molecule has 136 valence electrons. The number of hydrogen-bond donors (Lipinski definition) is 2. The fourth-order valence-electron chi connectivity index (χ4n) is 3.62. The van der Waals surface area contributed by atoms with Gasteiger partial charge in [0.2, 0.25) is 0 Å². The lowest BCUT2D eigenvalue weighted by Crippen LogP contribution is -1.93. The molecule has 3 aromatic heterocycles. The van der Waals surface area contributed by atoms with Gasteiger partial charge < -0.3 is 9.97 Å². The third-order valence-electron chi connectivity index (χ3n) is 4.93. The summed E-state index contributed by atoms with van der Waals surface area (Å²) in [6.07, 6.45) is 6.51. The number of aromatic amines is 2. The van der Waals surface area contributed by atoms with Gasteiger partial charge in [-0.1, -0.05) is 19.6 Å². The molecule has 0 fully saturated rings. The standard InChI is InChI=1S/C24H20N4/c1-3-15-11-21-14-19-8-7-17(26-19)12-16-5-6-18(25-16)13-20-9-10-23(27-20)22(4-2)24(15)28-21/h3,5-14,25-26H,1,4H2,2H3/i11D. The van der Waals surface area contributed by atoms with Crippen LogP contribution in [0.25, 0.3) is 45.8 Å². The van der Waals surface area contributed by atoms with Gasteiger partial charge in [0, 0.05) is 33.2 Å². The number of allylic oxidation sites excluding steroid dienone is 2.